The third-order valence-electron chi connectivity index (χ3n) is 5.33. The highest BCUT2D eigenvalue weighted by Gasteiger charge is 2.24. The molecular weight excluding hydrogens is 323 g/mol. The predicted molar refractivity (Wildman–Crippen MR) is 104 cm³/mol. The quantitative estimate of drug-likeness (QED) is 0.517. The van der Waals surface area contributed by atoms with Crippen molar-refractivity contribution in [3.05, 3.63) is 82.7 Å². The van der Waals surface area contributed by atoms with Crippen molar-refractivity contribution in [2.75, 3.05) is 0 Å². The second-order valence-electron chi connectivity index (χ2n) is 7.22. The van der Waals surface area contributed by atoms with Crippen LogP contribution in [0.25, 0.3) is 22.3 Å². The molecule has 1 aliphatic carbocycles. The molecule has 0 amide bonds. The Kier molecular flexibility index (Phi) is 4.20. The van der Waals surface area contributed by atoms with E-state index in [1.54, 1.807) is 12.1 Å². The minimum absolute atomic E-state index is 0.230. The predicted octanol–water partition coefficient (Wildman–Crippen LogP) is 6.19. The van der Waals surface area contributed by atoms with Gasteiger partial charge in [-0.3, -0.25) is 4.79 Å². The molecule has 26 heavy (non-hydrogen) atoms. The number of halogens is 1. The molecule has 3 aromatic rings. The zero-order valence-corrected chi connectivity index (χ0v) is 15.1. The van der Waals surface area contributed by atoms with Crippen molar-refractivity contribution in [3.8, 4) is 22.3 Å². The van der Waals surface area contributed by atoms with Gasteiger partial charge in [0, 0.05) is 5.56 Å². The molecule has 2 heteroatoms. The Labute approximate surface area is 153 Å². The van der Waals surface area contributed by atoms with Crippen molar-refractivity contribution >= 4 is 6.29 Å². The molecule has 0 unspecified atom stereocenters. The summed E-state index contributed by atoms with van der Waals surface area (Å²) in [6.07, 6.45) is 2.81. The van der Waals surface area contributed by atoms with Crippen molar-refractivity contribution in [2.24, 2.45) is 0 Å². The largest absolute Gasteiger partial charge is 0.298 e. The van der Waals surface area contributed by atoms with Gasteiger partial charge in [-0.15, -0.1) is 0 Å². The molecule has 0 saturated carbocycles. The first kappa shape index (κ1) is 16.7. The summed E-state index contributed by atoms with van der Waals surface area (Å²) >= 11 is 0. The third kappa shape index (κ3) is 2.66. The fraction of sp³-hybridized carbons (Fsp3) is 0.208. The Balaban J connectivity index is 2.08. The molecule has 1 nitrogen and oxygen atoms in total. The second-order valence-corrected chi connectivity index (χ2v) is 7.22. The number of benzene rings is 3. The highest BCUT2D eigenvalue weighted by molar-refractivity contribution is 5.95. The highest BCUT2D eigenvalue weighted by atomic mass is 19.1. The van der Waals surface area contributed by atoms with E-state index in [2.05, 4.69) is 44.2 Å². The van der Waals surface area contributed by atoms with E-state index in [-0.39, 0.29) is 11.7 Å². The summed E-state index contributed by atoms with van der Waals surface area (Å²) in [6.45, 7) is 4.22. The molecule has 3 aromatic carbocycles. The SMILES string of the molecule is CC(C)c1cc2c(c(-c3ccc(F)cc3)c1C=O)CCc1ccccc1-2. The van der Waals surface area contributed by atoms with Crippen LogP contribution in [0.5, 0.6) is 0 Å². The average Bonchev–Trinajstić information content (AvgIpc) is 2.66. The minimum Gasteiger partial charge on any atom is -0.298 e. The Morgan fingerprint density at radius 2 is 1.69 bits per heavy atom. The normalized spacial score (nSPS) is 12.6. The number of aryl methyl sites for hydroxylation is 1. The van der Waals surface area contributed by atoms with Crippen LogP contribution in [0.15, 0.2) is 54.6 Å². The van der Waals surface area contributed by atoms with Crippen LogP contribution >= 0.6 is 0 Å². The van der Waals surface area contributed by atoms with Gasteiger partial charge in [0.15, 0.2) is 6.29 Å². The number of aldehydes is 1. The molecule has 0 radical (unpaired) electrons. The molecular formula is C24H21FO. The number of fused-ring (bicyclic) bond motifs is 3. The Morgan fingerprint density at radius 1 is 0.962 bits per heavy atom. The molecule has 0 bridgehead atoms. The molecule has 0 aromatic heterocycles. The average molecular weight is 344 g/mol. The Morgan fingerprint density at radius 3 is 2.38 bits per heavy atom. The van der Waals surface area contributed by atoms with Crippen LogP contribution in [0.2, 0.25) is 0 Å². The lowest BCUT2D eigenvalue weighted by molar-refractivity contribution is 0.112. The van der Waals surface area contributed by atoms with E-state index in [4.69, 9.17) is 0 Å². The van der Waals surface area contributed by atoms with Crippen LogP contribution in [-0.4, -0.2) is 6.29 Å². The van der Waals surface area contributed by atoms with Gasteiger partial charge >= 0.3 is 0 Å². The van der Waals surface area contributed by atoms with Crippen molar-refractivity contribution in [3.63, 3.8) is 0 Å². The molecule has 0 fully saturated rings. The summed E-state index contributed by atoms with van der Waals surface area (Å²) in [4.78, 5) is 12.1. The number of hydrogen-bond donors (Lipinski definition) is 0. The van der Waals surface area contributed by atoms with Gasteiger partial charge in [-0.05, 0) is 75.9 Å². The summed E-state index contributed by atoms with van der Waals surface area (Å²) in [5.41, 5.74) is 8.67. The first-order valence-electron chi connectivity index (χ1n) is 9.09. The number of carbonyl (C=O) groups excluding carboxylic acids is 1. The standard InChI is InChI=1S/C24H21FO/c1-15(2)21-13-22-19-6-4-3-5-16(19)9-12-20(22)24(23(21)14-26)17-7-10-18(25)11-8-17/h3-8,10-11,13-15H,9,12H2,1-2H3. The molecule has 1 aliphatic rings. The highest BCUT2D eigenvalue weighted by Crippen LogP contribution is 2.43. The second kappa shape index (κ2) is 6.53. The van der Waals surface area contributed by atoms with Gasteiger partial charge in [0.25, 0.3) is 0 Å². The first-order valence-corrected chi connectivity index (χ1v) is 9.09. The molecule has 0 heterocycles. The molecule has 0 aliphatic heterocycles. The van der Waals surface area contributed by atoms with E-state index >= 15 is 0 Å². The van der Waals surface area contributed by atoms with Crippen LogP contribution in [0, 0.1) is 5.82 Å². The monoisotopic (exact) mass is 344 g/mol. The van der Waals surface area contributed by atoms with Crippen LogP contribution in [0.4, 0.5) is 4.39 Å². The lowest BCUT2D eigenvalue weighted by Gasteiger charge is -2.26. The summed E-state index contributed by atoms with van der Waals surface area (Å²) in [6, 6.07) is 17.2. The van der Waals surface area contributed by atoms with E-state index < -0.39 is 0 Å². The number of carbonyl (C=O) groups is 1. The number of rotatable bonds is 3. The maximum absolute atomic E-state index is 13.5. The first-order chi connectivity index (χ1) is 12.6. The fourth-order valence-electron chi connectivity index (χ4n) is 4.07. The number of hydrogen-bond acceptors (Lipinski definition) is 1. The summed E-state index contributed by atoms with van der Waals surface area (Å²) in [5.74, 6) is -0.0329. The Bertz CT molecular complexity index is 984. The van der Waals surface area contributed by atoms with Gasteiger partial charge in [-0.1, -0.05) is 50.2 Å². The summed E-state index contributed by atoms with van der Waals surface area (Å²) in [5, 5.41) is 0. The van der Waals surface area contributed by atoms with E-state index in [0.29, 0.717) is 0 Å². The molecule has 0 atom stereocenters. The maximum Gasteiger partial charge on any atom is 0.150 e. The molecule has 130 valence electrons. The van der Waals surface area contributed by atoms with Gasteiger partial charge in [0.2, 0.25) is 0 Å². The zero-order chi connectivity index (χ0) is 18.3. The smallest absolute Gasteiger partial charge is 0.150 e. The van der Waals surface area contributed by atoms with Gasteiger partial charge < -0.3 is 0 Å². The third-order valence-corrected chi connectivity index (χ3v) is 5.33. The van der Waals surface area contributed by atoms with E-state index in [1.807, 2.05) is 0 Å². The van der Waals surface area contributed by atoms with E-state index in [0.717, 1.165) is 41.4 Å². The van der Waals surface area contributed by atoms with Crippen molar-refractivity contribution in [1.82, 2.24) is 0 Å². The summed E-state index contributed by atoms with van der Waals surface area (Å²) < 4.78 is 13.5. The van der Waals surface area contributed by atoms with E-state index in [9.17, 15) is 9.18 Å². The summed E-state index contributed by atoms with van der Waals surface area (Å²) in [7, 11) is 0. The van der Waals surface area contributed by atoms with Crippen LogP contribution in [0.1, 0.15) is 46.8 Å². The van der Waals surface area contributed by atoms with Gasteiger partial charge in [0.1, 0.15) is 5.82 Å². The van der Waals surface area contributed by atoms with Crippen LogP contribution in [0.3, 0.4) is 0 Å². The zero-order valence-electron chi connectivity index (χ0n) is 15.1. The van der Waals surface area contributed by atoms with Crippen LogP contribution < -0.4 is 0 Å². The van der Waals surface area contributed by atoms with Crippen molar-refractivity contribution in [2.45, 2.75) is 32.6 Å². The lowest BCUT2D eigenvalue weighted by atomic mass is 9.77. The Hall–Kier alpha value is -2.74. The topological polar surface area (TPSA) is 17.1 Å². The van der Waals surface area contributed by atoms with Crippen molar-refractivity contribution < 1.29 is 9.18 Å². The van der Waals surface area contributed by atoms with Gasteiger partial charge in [0.05, 0.1) is 0 Å². The minimum atomic E-state index is -0.263. The van der Waals surface area contributed by atoms with E-state index in [1.165, 1.54) is 34.4 Å². The molecule has 0 N–H and O–H groups in total. The molecule has 0 saturated heterocycles. The molecule has 4 rings (SSSR count). The van der Waals surface area contributed by atoms with Crippen molar-refractivity contribution in [1.29, 1.82) is 0 Å². The molecule has 0 spiro atoms. The maximum atomic E-state index is 13.5. The van der Waals surface area contributed by atoms with Crippen LogP contribution in [-0.2, 0) is 12.8 Å². The fourth-order valence-corrected chi connectivity index (χ4v) is 4.07. The lowest BCUT2D eigenvalue weighted by Crippen LogP contribution is -2.10. The van der Waals surface area contributed by atoms with Gasteiger partial charge in [-0.2, -0.15) is 0 Å². The van der Waals surface area contributed by atoms with Gasteiger partial charge in [-0.25, -0.2) is 4.39 Å².